The quantitative estimate of drug-likeness (QED) is 0.743. The fourth-order valence-corrected chi connectivity index (χ4v) is 3.28. The molecule has 0 saturated carbocycles. The van der Waals surface area contributed by atoms with Gasteiger partial charge in [-0.05, 0) is 18.6 Å². The van der Waals surface area contributed by atoms with E-state index in [4.69, 9.17) is 4.98 Å². The zero-order chi connectivity index (χ0) is 16.4. The van der Waals surface area contributed by atoms with E-state index in [0.29, 0.717) is 0 Å². The molecule has 0 bridgehead atoms. The second-order valence-corrected chi connectivity index (χ2v) is 6.24. The van der Waals surface area contributed by atoms with Gasteiger partial charge in [0.2, 0.25) is 0 Å². The summed E-state index contributed by atoms with van der Waals surface area (Å²) in [7, 11) is 0. The minimum Gasteiger partial charge on any atom is -0.353 e. The van der Waals surface area contributed by atoms with Gasteiger partial charge in [0.25, 0.3) is 0 Å². The van der Waals surface area contributed by atoms with Crippen molar-refractivity contribution in [2.45, 2.75) is 13.5 Å². The van der Waals surface area contributed by atoms with Crippen molar-refractivity contribution in [3.8, 4) is 0 Å². The average Bonchev–Trinajstić information content (AvgIpc) is 2.62. The van der Waals surface area contributed by atoms with Crippen molar-refractivity contribution in [3.63, 3.8) is 0 Å². The van der Waals surface area contributed by atoms with Gasteiger partial charge in [-0.2, -0.15) is 0 Å². The predicted octanol–water partition coefficient (Wildman–Crippen LogP) is 2.66. The van der Waals surface area contributed by atoms with E-state index in [2.05, 4.69) is 50.1 Å². The summed E-state index contributed by atoms with van der Waals surface area (Å²) in [4.78, 5) is 18.3. The number of aryl methyl sites for hydroxylation is 1. The van der Waals surface area contributed by atoms with Gasteiger partial charge >= 0.3 is 0 Å². The fraction of sp³-hybridized carbons (Fsp3) is 0.316. The number of benzene rings is 1. The summed E-state index contributed by atoms with van der Waals surface area (Å²) in [5.74, 6) is 1.84. The van der Waals surface area contributed by atoms with E-state index in [9.17, 15) is 0 Å². The Bertz CT molecular complexity index is 826. The molecule has 3 aromatic rings. The van der Waals surface area contributed by atoms with Crippen molar-refractivity contribution >= 4 is 16.7 Å². The molecule has 24 heavy (non-hydrogen) atoms. The summed E-state index contributed by atoms with van der Waals surface area (Å²) in [6.45, 7) is 7.03. The Hall–Kier alpha value is -2.53. The number of nitrogens with zero attached hydrogens (tertiary/aromatic N) is 5. The molecule has 1 aliphatic rings. The van der Waals surface area contributed by atoms with Crippen molar-refractivity contribution in [3.05, 3.63) is 60.2 Å². The lowest BCUT2D eigenvalue weighted by Crippen LogP contribution is -2.46. The molecular formula is C19H21N5. The number of anilines is 1. The first-order chi connectivity index (χ1) is 11.8. The topological polar surface area (TPSA) is 45.2 Å². The van der Waals surface area contributed by atoms with Gasteiger partial charge in [0, 0.05) is 44.3 Å². The second kappa shape index (κ2) is 6.53. The number of fused-ring (bicyclic) bond motifs is 1. The van der Waals surface area contributed by atoms with Gasteiger partial charge in [0.15, 0.2) is 0 Å². The molecule has 3 heterocycles. The van der Waals surface area contributed by atoms with Crippen LogP contribution in [0.1, 0.15) is 11.4 Å². The smallest absolute Gasteiger partial charge is 0.140 e. The first-order valence-corrected chi connectivity index (χ1v) is 8.39. The van der Waals surface area contributed by atoms with Gasteiger partial charge in [-0.25, -0.2) is 9.97 Å². The van der Waals surface area contributed by atoms with Crippen molar-refractivity contribution < 1.29 is 0 Å². The van der Waals surface area contributed by atoms with Gasteiger partial charge in [-0.3, -0.25) is 9.88 Å². The molecular weight excluding hydrogens is 298 g/mol. The average molecular weight is 319 g/mol. The lowest BCUT2D eigenvalue weighted by molar-refractivity contribution is 0.249. The first kappa shape index (κ1) is 15.0. The van der Waals surface area contributed by atoms with E-state index in [1.54, 1.807) is 0 Å². The Morgan fingerprint density at radius 2 is 1.75 bits per heavy atom. The number of piperazine rings is 1. The van der Waals surface area contributed by atoms with Crippen LogP contribution < -0.4 is 4.90 Å². The fourth-order valence-electron chi connectivity index (χ4n) is 3.28. The summed E-state index contributed by atoms with van der Waals surface area (Å²) in [6.07, 6.45) is 3.63. The molecule has 5 nitrogen and oxygen atoms in total. The molecule has 0 aliphatic carbocycles. The first-order valence-electron chi connectivity index (χ1n) is 8.39. The van der Waals surface area contributed by atoms with Crippen LogP contribution in [0.2, 0.25) is 0 Å². The normalized spacial score (nSPS) is 15.8. The standard InChI is InChI=1S/C19H21N5/c1-15-21-18-13-20-8-7-17(18)19(22-15)24-11-9-23(10-12-24)14-16-5-3-2-4-6-16/h2-8,13H,9-12,14H2,1H3. The number of pyridine rings is 1. The van der Waals surface area contributed by atoms with Crippen LogP contribution in [-0.4, -0.2) is 46.0 Å². The number of hydrogen-bond donors (Lipinski definition) is 0. The SMILES string of the molecule is Cc1nc(N2CCN(Cc3ccccc3)CC2)c2ccncc2n1. The van der Waals surface area contributed by atoms with Crippen LogP contribution in [0.25, 0.3) is 10.9 Å². The Labute approximate surface area is 142 Å². The summed E-state index contributed by atoms with van der Waals surface area (Å²) in [5.41, 5.74) is 2.30. The minimum absolute atomic E-state index is 0.803. The molecule has 1 aromatic carbocycles. The van der Waals surface area contributed by atoms with Gasteiger partial charge in [-0.15, -0.1) is 0 Å². The van der Waals surface area contributed by atoms with Crippen LogP contribution >= 0.6 is 0 Å². The van der Waals surface area contributed by atoms with Gasteiger partial charge in [0.1, 0.15) is 11.6 Å². The molecule has 0 N–H and O–H groups in total. The van der Waals surface area contributed by atoms with E-state index in [-0.39, 0.29) is 0 Å². The van der Waals surface area contributed by atoms with E-state index >= 15 is 0 Å². The molecule has 0 atom stereocenters. The van der Waals surface area contributed by atoms with E-state index in [1.807, 2.05) is 25.4 Å². The van der Waals surface area contributed by atoms with Crippen LogP contribution in [0, 0.1) is 6.92 Å². The molecule has 4 rings (SSSR count). The Morgan fingerprint density at radius 3 is 2.54 bits per heavy atom. The largest absolute Gasteiger partial charge is 0.353 e. The lowest BCUT2D eigenvalue weighted by Gasteiger charge is -2.35. The molecule has 2 aromatic heterocycles. The van der Waals surface area contributed by atoms with Crippen LogP contribution in [-0.2, 0) is 6.54 Å². The zero-order valence-corrected chi connectivity index (χ0v) is 13.9. The molecule has 1 saturated heterocycles. The Kier molecular flexibility index (Phi) is 4.09. The molecule has 0 radical (unpaired) electrons. The van der Waals surface area contributed by atoms with E-state index < -0.39 is 0 Å². The third-order valence-corrected chi connectivity index (χ3v) is 4.51. The van der Waals surface area contributed by atoms with E-state index in [1.165, 1.54) is 5.56 Å². The molecule has 1 aliphatic heterocycles. The highest BCUT2D eigenvalue weighted by Crippen LogP contribution is 2.24. The van der Waals surface area contributed by atoms with Crippen molar-refractivity contribution in [1.82, 2.24) is 19.9 Å². The highest BCUT2D eigenvalue weighted by atomic mass is 15.3. The Morgan fingerprint density at radius 1 is 0.958 bits per heavy atom. The maximum Gasteiger partial charge on any atom is 0.140 e. The molecule has 0 spiro atoms. The Balaban J connectivity index is 1.50. The third-order valence-electron chi connectivity index (χ3n) is 4.51. The van der Waals surface area contributed by atoms with Gasteiger partial charge < -0.3 is 4.90 Å². The van der Waals surface area contributed by atoms with Gasteiger partial charge in [-0.1, -0.05) is 30.3 Å². The second-order valence-electron chi connectivity index (χ2n) is 6.24. The van der Waals surface area contributed by atoms with E-state index in [0.717, 1.165) is 55.3 Å². The molecule has 0 unspecified atom stereocenters. The highest BCUT2D eigenvalue weighted by Gasteiger charge is 2.20. The maximum absolute atomic E-state index is 4.70. The predicted molar refractivity (Wildman–Crippen MR) is 96.0 cm³/mol. The molecule has 1 fully saturated rings. The van der Waals surface area contributed by atoms with Crippen LogP contribution in [0.3, 0.4) is 0 Å². The highest BCUT2D eigenvalue weighted by molar-refractivity contribution is 5.88. The maximum atomic E-state index is 4.70. The van der Waals surface area contributed by atoms with Crippen molar-refractivity contribution in [2.24, 2.45) is 0 Å². The summed E-state index contributed by atoms with van der Waals surface area (Å²) in [5, 5.41) is 1.09. The zero-order valence-electron chi connectivity index (χ0n) is 13.9. The monoisotopic (exact) mass is 319 g/mol. The number of aromatic nitrogens is 3. The minimum atomic E-state index is 0.803. The number of rotatable bonds is 3. The summed E-state index contributed by atoms with van der Waals surface area (Å²) in [6, 6.07) is 12.7. The summed E-state index contributed by atoms with van der Waals surface area (Å²) >= 11 is 0. The van der Waals surface area contributed by atoms with Gasteiger partial charge in [0.05, 0.1) is 11.7 Å². The number of hydrogen-bond acceptors (Lipinski definition) is 5. The molecule has 122 valence electrons. The van der Waals surface area contributed by atoms with Crippen LogP contribution in [0.5, 0.6) is 0 Å². The van der Waals surface area contributed by atoms with Crippen LogP contribution in [0.4, 0.5) is 5.82 Å². The molecule has 5 heteroatoms. The van der Waals surface area contributed by atoms with Crippen LogP contribution in [0.15, 0.2) is 48.8 Å². The molecule has 0 amide bonds. The van der Waals surface area contributed by atoms with Crippen molar-refractivity contribution in [1.29, 1.82) is 0 Å². The summed E-state index contributed by atoms with van der Waals surface area (Å²) < 4.78 is 0. The lowest BCUT2D eigenvalue weighted by atomic mass is 10.2. The third kappa shape index (κ3) is 3.08. The van der Waals surface area contributed by atoms with Crippen molar-refractivity contribution in [2.75, 3.05) is 31.1 Å².